The Kier molecular flexibility index (Phi) is 3.53. The van der Waals surface area contributed by atoms with E-state index in [2.05, 4.69) is 28.1 Å². The van der Waals surface area contributed by atoms with E-state index < -0.39 is 5.54 Å². The molecule has 2 N–H and O–H groups in total. The second-order valence-corrected chi connectivity index (χ2v) is 6.46. The molecule has 2 aromatic rings. The molecule has 0 bridgehead atoms. The Bertz CT molecular complexity index is 651. The van der Waals surface area contributed by atoms with Gasteiger partial charge < -0.3 is 10.3 Å². The van der Waals surface area contributed by atoms with Crippen LogP contribution >= 0.6 is 0 Å². The molecule has 21 heavy (non-hydrogen) atoms. The Labute approximate surface area is 125 Å². The first-order chi connectivity index (χ1) is 9.98. The van der Waals surface area contributed by atoms with Crippen molar-refractivity contribution in [2.75, 3.05) is 0 Å². The lowest BCUT2D eigenvalue weighted by molar-refractivity contribution is 0.183. The van der Waals surface area contributed by atoms with E-state index in [1.807, 2.05) is 20.0 Å². The van der Waals surface area contributed by atoms with E-state index >= 15 is 0 Å². The Balaban J connectivity index is 1.92. The second-order valence-electron chi connectivity index (χ2n) is 6.46. The molecule has 5 heteroatoms. The van der Waals surface area contributed by atoms with Gasteiger partial charge in [0.05, 0.1) is 5.54 Å². The SMILES string of the molecule is Cc1cnc(-c2noc(C3(N)CCCC(C)C3)n2)c(C)c1. The van der Waals surface area contributed by atoms with Crippen molar-refractivity contribution in [2.45, 2.75) is 52.0 Å². The fourth-order valence-electron chi connectivity index (χ4n) is 3.26. The van der Waals surface area contributed by atoms with Crippen molar-refractivity contribution >= 4 is 0 Å². The molecule has 112 valence electrons. The number of aryl methyl sites for hydroxylation is 2. The van der Waals surface area contributed by atoms with Gasteiger partial charge in [0, 0.05) is 6.20 Å². The third-order valence-corrected chi connectivity index (χ3v) is 4.31. The summed E-state index contributed by atoms with van der Waals surface area (Å²) in [6, 6.07) is 2.07. The van der Waals surface area contributed by atoms with Gasteiger partial charge in [0.15, 0.2) is 0 Å². The van der Waals surface area contributed by atoms with E-state index in [4.69, 9.17) is 10.3 Å². The number of nitrogens with zero attached hydrogens (tertiary/aromatic N) is 3. The predicted octanol–water partition coefficient (Wildman–Crippen LogP) is 3.11. The van der Waals surface area contributed by atoms with Crippen LogP contribution in [-0.2, 0) is 5.54 Å². The molecule has 1 aliphatic carbocycles. The van der Waals surface area contributed by atoms with Crippen LogP contribution in [0, 0.1) is 19.8 Å². The smallest absolute Gasteiger partial charge is 0.247 e. The highest BCUT2D eigenvalue weighted by Gasteiger charge is 2.38. The molecule has 1 aliphatic rings. The number of rotatable bonds is 2. The van der Waals surface area contributed by atoms with Crippen molar-refractivity contribution in [3.05, 3.63) is 29.3 Å². The average molecular weight is 286 g/mol. The third-order valence-electron chi connectivity index (χ3n) is 4.31. The zero-order valence-corrected chi connectivity index (χ0v) is 12.9. The van der Waals surface area contributed by atoms with Crippen LogP contribution in [0.4, 0.5) is 0 Å². The van der Waals surface area contributed by atoms with Crippen LogP contribution in [0.15, 0.2) is 16.8 Å². The van der Waals surface area contributed by atoms with E-state index in [-0.39, 0.29) is 0 Å². The van der Waals surface area contributed by atoms with Gasteiger partial charge in [-0.3, -0.25) is 4.98 Å². The van der Waals surface area contributed by atoms with Gasteiger partial charge in [-0.1, -0.05) is 31.0 Å². The van der Waals surface area contributed by atoms with Gasteiger partial charge in [0.2, 0.25) is 11.7 Å². The predicted molar refractivity (Wildman–Crippen MR) is 80.5 cm³/mol. The summed E-state index contributed by atoms with van der Waals surface area (Å²) < 4.78 is 5.47. The Morgan fingerprint density at radius 1 is 1.38 bits per heavy atom. The molecule has 0 aliphatic heterocycles. The summed E-state index contributed by atoms with van der Waals surface area (Å²) >= 11 is 0. The summed E-state index contributed by atoms with van der Waals surface area (Å²) in [6.07, 6.45) is 5.95. The summed E-state index contributed by atoms with van der Waals surface area (Å²) in [5, 5.41) is 4.09. The lowest BCUT2D eigenvalue weighted by Crippen LogP contribution is -2.41. The zero-order chi connectivity index (χ0) is 15.0. The van der Waals surface area contributed by atoms with E-state index in [0.29, 0.717) is 17.6 Å². The van der Waals surface area contributed by atoms with Gasteiger partial charge in [-0.2, -0.15) is 4.98 Å². The topological polar surface area (TPSA) is 77.8 Å². The lowest BCUT2D eigenvalue weighted by Gasteiger charge is -2.33. The summed E-state index contributed by atoms with van der Waals surface area (Å²) in [5.74, 6) is 1.68. The molecule has 1 fully saturated rings. The van der Waals surface area contributed by atoms with Crippen molar-refractivity contribution < 1.29 is 4.52 Å². The highest BCUT2D eigenvalue weighted by atomic mass is 16.5. The van der Waals surface area contributed by atoms with Crippen molar-refractivity contribution in [2.24, 2.45) is 11.7 Å². The van der Waals surface area contributed by atoms with E-state index in [1.165, 1.54) is 6.42 Å². The van der Waals surface area contributed by atoms with Crippen LogP contribution in [0.5, 0.6) is 0 Å². The highest BCUT2D eigenvalue weighted by molar-refractivity contribution is 5.54. The first-order valence-corrected chi connectivity index (χ1v) is 7.54. The van der Waals surface area contributed by atoms with Gasteiger partial charge in [-0.05, 0) is 43.7 Å². The maximum Gasteiger partial charge on any atom is 0.247 e. The Morgan fingerprint density at radius 2 is 2.19 bits per heavy atom. The minimum atomic E-state index is -0.485. The van der Waals surface area contributed by atoms with Crippen molar-refractivity contribution in [3.63, 3.8) is 0 Å². The van der Waals surface area contributed by atoms with Gasteiger partial charge >= 0.3 is 0 Å². The number of nitrogens with two attached hydrogens (primary N) is 1. The Morgan fingerprint density at radius 3 is 2.90 bits per heavy atom. The third kappa shape index (κ3) is 2.70. The minimum Gasteiger partial charge on any atom is -0.337 e. The molecule has 0 amide bonds. The molecule has 0 aromatic carbocycles. The van der Waals surface area contributed by atoms with Gasteiger partial charge in [0.25, 0.3) is 0 Å². The normalized spacial score (nSPS) is 26.0. The molecule has 5 nitrogen and oxygen atoms in total. The van der Waals surface area contributed by atoms with E-state index in [1.54, 1.807) is 0 Å². The summed E-state index contributed by atoms with van der Waals surface area (Å²) in [4.78, 5) is 8.95. The molecule has 0 radical (unpaired) electrons. The fourth-order valence-corrected chi connectivity index (χ4v) is 3.26. The maximum absolute atomic E-state index is 6.51. The quantitative estimate of drug-likeness (QED) is 0.917. The van der Waals surface area contributed by atoms with Crippen LogP contribution in [0.1, 0.15) is 49.6 Å². The lowest BCUT2D eigenvalue weighted by atomic mass is 9.77. The second kappa shape index (κ2) is 5.22. The monoisotopic (exact) mass is 286 g/mol. The molecule has 2 atom stereocenters. The number of pyridine rings is 1. The molecule has 0 spiro atoms. The number of hydrogen-bond donors (Lipinski definition) is 1. The minimum absolute atomic E-state index is 0.485. The zero-order valence-electron chi connectivity index (χ0n) is 12.9. The van der Waals surface area contributed by atoms with Gasteiger partial charge in [0.1, 0.15) is 5.69 Å². The Hall–Kier alpha value is -1.75. The van der Waals surface area contributed by atoms with Crippen LogP contribution in [0.25, 0.3) is 11.5 Å². The molecule has 0 saturated heterocycles. The van der Waals surface area contributed by atoms with E-state index in [9.17, 15) is 0 Å². The molecule has 3 rings (SSSR count). The van der Waals surface area contributed by atoms with Gasteiger partial charge in [-0.25, -0.2) is 0 Å². The maximum atomic E-state index is 6.51. The van der Waals surface area contributed by atoms with Gasteiger partial charge in [-0.15, -0.1) is 0 Å². The average Bonchev–Trinajstić information content (AvgIpc) is 2.88. The van der Waals surface area contributed by atoms with Crippen molar-refractivity contribution in [1.82, 2.24) is 15.1 Å². The van der Waals surface area contributed by atoms with Crippen molar-refractivity contribution in [3.8, 4) is 11.5 Å². The molecule has 2 aromatic heterocycles. The van der Waals surface area contributed by atoms with Crippen LogP contribution in [0.2, 0.25) is 0 Å². The molecular formula is C16H22N4O. The van der Waals surface area contributed by atoms with Crippen LogP contribution in [-0.4, -0.2) is 15.1 Å². The highest BCUT2D eigenvalue weighted by Crippen LogP contribution is 2.37. The number of aromatic nitrogens is 3. The van der Waals surface area contributed by atoms with Crippen molar-refractivity contribution in [1.29, 1.82) is 0 Å². The van der Waals surface area contributed by atoms with Crippen LogP contribution in [0.3, 0.4) is 0 Å². The molecular weight excluding hydrogens is 264 g/mol. The van der Waals surface area contributed by atoms with Crippen LogP contribution < -0.4 is 5.73 Å². The number of hydrogen-bond acceptors (Lipinski definition) is 5. The first-order valence-electron chi connectivity index (χ1n) is 7.54. The fraction of sp³-hybridized carbons (Fsp3) is 0.562. The largest absolute Gasteiger partial charge is 0.337 e. The van der Waals surface area contributed by atoms with E-state index in [0.717, 1.165) is 36.1 Å². The molecule has 2 unspecified atom stereocenters. The summed E-state index contributed by atoms with van der Waals surface area (Å²) in [5.41, 5.74) is 8.96. The molecule has 2 heterocycles. The summed E-state index contributed by atoms with van der Waals surface area (Å²) in [7, 11) is 0. The molecule has 1 saturated carbocycles. The first kappa shape index (κ1) is 14.2. The standard InChI is InChI=1S/C16H22N4O/c1-10-5-4-6-16(17,8-10)15-19-14(20-21-15)13-12(3)7-11(2)9-18-13/h7,9-10H,4-6,8,17H2,1-3H3. The summed E-state index contributed by atoms with van der Waals surface area (Å²) in [6.45, 7) is 6.25.